The third kappa shape index (κ3) is 7.18. The third-order valence-corrected chi connectivity index (χ3v) is 1.10. The number of carbonyl (C=O) groups is 1. The molecule has 1 atom stereocenters. The van der Waals surface area contributed by atoms with Crippen molar-refractivity contribution in [3.05, 3.63) is 0 Å². The van der Waals surface area contributed by atoms with E-state index in [1.165, 1.54) is 0 Å². The monoisotopic (exact) mass is 167 g/mol. The van der Waals surface area contributed by atoms with E-state index in [9.17, 15) is 13.6 Å². The Bertz CT molecular complexity index is 130. The maximum atomic E-state index is 11.5. The largest absolute Gasteiger partial charge is 0.481 e. The van der Waals surface area contributed by atoms with Gasteiger partial charge in [-0.25, -0.2) is 8.78 Å². The highest BCUT2D eigenvalue weighted by Crippen LogP contribution is 1.93. The average Bonchev–Trinajstić information content (AvgIpc) is 1.82. The Morgan fingerprint density at radius 3 is 2.55 bits per heavy atom. The number of carboxylic acids is 1. The van der Waals surface area contributed by atoms with Crippen LogP contribution >= 0.6 is 0 Å². The van der Waals surface area contributed by atoms with Crippen molar-refractivity contribution in [3.63, 3.8) is 0 Å². The first-order chi connectivity index (χ1) is 5.02. The number of aliphatic carboxylic acids is 1. The lowest BCUT2D eigenvalue weighted by atomic mass is 10.2. The van der Waals surface area contributed by atoms with Crippen molar-refractivity contribution in [1.82, 2.24) is 5.32 Å². The molecule has 0 heterocycles. The van der Waals surface area contributed by atoms with Crippen LogP contribution < -0.4 is 5.32 Å². The second-order valence-corrected chi connectivity index (χ2v) is 2.30. The van der Waals surface area contributed by atoms with Crippen molar-refractivity contribution in [2.45, 2.75) is 25.8 Å². The van der Waals surface area contributed by atoms with Gasteiger partial charge in [-0.15, -0.1) is 0 Å². The van der Waals surface area contributed by atoms with Gasteiger partial charge in [0.05, 0.1) is 13.0 Å². The molecule has 0 amide bonds. The summed E-state index contributed by atoms with van der Waals surface area (Å²) < 4.78 is 23.0. The highest BCUT2D eigenvalue weighted by Gasteiger charge is 2.09. The Balaban J connectivity index is 3.37. The van der Waals surface area contributed by atoms with Gasteiger partial charge >= 0.3 is 5.97 Å². The molecule has 0 spiro atoms. The van der Waals surface area contributed by atoms with Gasteiger partial charge in [0.2, 0.25) is 0 Å². The molecule has 0 saturated heterocycles. The molecule has 0 aliphatic rings. The molecular formula is C6H11F2NO2. The minimum Gasteiger partial charge on any atom is -0.481 e. The number of hydrogen-bond acceptors (Lipinski definition) is 2. The van der Waals surface area contributed by atoms with E-state index in [4.69, 9.17) is 5.11 Å². The molecule has 0 saturated carbocycles. The zero-order chi connectivity index (χ0) is 8.85. The Morgan fingerprint density at radius 2 is 2.18 bits per heavy atom. The maximum Gasteiger partial charge on any atom is 0.304 e. The Hall–Kier alpha value is -0.710. The minimum absolute atomic E-state index is 0.132. The number of nitrogens with one attached hydrogen (secondary N) is 1. The van der Waals surface area contributed by atoms with Gasteiger partial charge in [-0.05, 0) is 6.92 Å². The van der Waals surface area contributed by atoms with Crippen LogP contribution in [0.4, 0.5) is 8.78 Å². The summed E-state index contributed by atoms with van der Waals surface area (Å²) in [6.07, 6.45) is -2.56. The van der Waals surface area contributed by atoms with Crippen LogP contribution in [0.2, 0.25) is 0 Å². The van der Waals surface area contributed by atoms with Crippen molar-refractivity contribution >= 4 is 5.97 Å². The molecule has 0 aliphatic carbocycles. The summed E-state index contributed by atoms with van der Waals surface area (Å²) in [5.41, 5.74) is 0. The Morgan fingerprint density at radius 1 is 1.64 bits per heavy atom. The third-order valence-electron chi connectivity index (χ3n) is 1.10. The van der Waals surface area contributed by atoms with Gasteiger partial charge in [0.25, 0.3) is 6.43 Å². The van der Waals surface area contributed by atoms with Gasteiger partial charge in [-0.1, -0.05) is 0 Å². The molecule has 0 aromatic rings. The first-order valence-electron chi connectivity index (χ1n) is 3.25. The van der Waals surface area contributed by atoms with Gasteiger partial charge in [-0.3, -0.25) is 4.79 Å². The zero-order valence-corrected chi connectivity index (χ0v) is 6.18. The van der Waals surface area contributed by atoms with Crippen molar-refractivity contribution in [1.29, 1.82) is 0 Å². The summed E-state index contributed by atoms with van der Waals surface area (Å²) in [5.74, 6) is -0.987. The smallest absolute Gasteiger partial charge is 0.304 e. The summed E-state index contributed by atoms with van der Waals surface area (Å²) in [4.78, 5) is 10.0. The van der Waals surface area contributed by atoms with E-state index >= 15 is 0 Å². The van der Waals surface area contributed by atoms with Gasteiger partial charge in [0.15, 0.2) is 0 Å². The molecule has 0 rings (SSSR count). The van der Waals surface area contributed by atoms with E-state index in [1.807, 2.05) is 0 Å². The zero-order valence-electron chi connectivity index (χ0n) is 6.18. The van der Waals surface area contributed by atoms with E-state index in [0.717, 1.165) is 0 Å². The maximum absolute atomic E-state index is 11.5. The highest BCUT2D eigenvalue weighted by atomic mass is 19.3. The highest BCUT2D eigenvalue weighted by molar-refractivity contribution is 5.67. The summed E-state index contributed by atoms with van der Waals surface area (Å²) in [6.45, 7) is 1.10. The molecule has 0 aromatic carbocycles. The molecule has 3 nitrogen and oxygen atoms in total. The number of halogens is 2. The number of hydrogen-bond donors (Lipinski definition) is 2. The quantitative estimate of drug-likeness (QED) is 0.633. The van der Waals surface area contributed by atoms with Crippen LogP contribution in [0.25, 0.3) is 0 Å². The van der Waals surface area contributed by atoms with Crippen LogP contribution in [0.3, 0.4) is 0 Å². The Kier molecular flexibility index (Phi) is 4.69. The fourth-order valence-electron chi connectivity index (χ4n) is 0.624. The second kappa shape index (κ2) is 5.01. The second-order valence-electron chi connectivity index (χ2n) is 2.30. The fraction of sp³-hybridized carbons (Fsp3) is 0.833. The van der Waals surface area contributed by atoms with E-state index < -0.39 is 25.0 Å². The molecule has 0 fully saturated rings. The van der Waals surface area contributed by atoms with E-state index in [1.54, 1.807) is 6.92 Å². The van der Waals surface area contributed by atoms with Crippen LogP contribution in [0, 0.1) is 0 Å². The lowest BCUT2D eigenvalue weighted by molar-refractivity contribution is -0.137. The minimum atomic E-state index is -2.42. The van der Waals surface area contributed by atoms with Crippen molar-refractivity contribution < 1.29 is 18.7 Å². The predicted octanol–water partition coefficient (Wildman–Crippen LogP) is 0.704. The standard InChI is InChI=1S/C6H11F2NO2/c1-4(2-6(10)11)9-3-5(7)8/h4-5,9H,2-3H2,1H3,(H,10,11). The summed E-state index contributed by atoms with van der Waals surface area (Å²) in [5, 5.41) is 10.6. The lowest BCUT2D eigenvalue weighted by Gasteiger charge is -2.09. The van der Waals surface area contributed by atoms with Crippen LogP contribution in [-0.2, 0) is 4.79 Å². The number of carboxylic acid groups (broad SMARTS) is 1. The first kappa shape index (κ1) is 10.3. The van der Waals surface area contributed by atoms with Gasteiger partial charge < -0.3 is 10.4 Å². The van der Waals surface area contributed by atoms with Crippen molar-refractivity contribution in [2.75, 3.05) is 6.54 Å². The van der Waals surface area contributed by atoms with Crippen molar-refractivity contribution in [2.24, 2.45) is 0 Å². The molecule has 1 unspecified atom stereocenters. The molecule has 0 radical (unpaired) electrons. The molecule has 5 heteroatoms. The molecule has 11 heavy (non-hydrogen) atoms. The van der Waals surface area contributed by atoms with Gasteiger partial charge in [0.1, 0.15) is 0 Å². The molecule has 66 valence electrons. The van der Waals surface area contributed by atoms with Crippen LogP contribution in [0.5, 0.6) is 0 Å². The predicted molar refractivity (Wildman–Crippen MR) is 35.7 cm³/mol. The van der Waals surface area contributed by atoms with E-state index in [0.29, 0.717) is 0 Å². The summed E-state index contributed by atoms with van der Waals surface area (Å²) in [6, 6.07) is -0.401. The normalized spacial score (nSPS) is 13.5. The van der Waals surface area contributed by atoms with Crippen LogP contribution in [0.1, 0.15) is 13.3 Å². The first-order valence-corrected chi connectivity index (χ1v) is 3.25. The molecule has 0 aromatic heterocycles. The topological polar surface area (TPSA) is 49.3 Å². The van der Waals surface area contributed by atoms with Gasteiger partial charge in [-0.2, -0.15) is 0 Å². The van der Waals surface area contributed by atoms with Gasteiger partial charge in [0, 0.05) is 6.04 Å². The van der Waals surface area contributed by atoms with E-state index in [-0.39, 0.29) is 6.42 Å². The Labute approximate surface area is 63.4 Å². The van der Waals surface area contributed by atoms with E-state index in [2.05, 4.69) is 5.32 Å². The molecular weight excluding hydrogens is 156 g/mol. The molecule has 0 bridgehead atoms. The van der Waals surface area contributed by atoms with Crippen LogP contribution in [0.15, 0.2) is 0 Å². The lowest BCUT2D eigenvalue weighted by Crippen LogP contribution is -2.32. The summed E-state index contributed by atoms with van der Waals surface area (Å²) in [7, 11) is 0. The number of alkyl halides is 2. The van der Waals surface area contributed by atoms with Crippen LogP contribution in [-0.4, -0.2) is 30.1 Å². The number of rotatable bonds is 5. The SMILES string of the molecule is CC(CC(=O)O)NCC(F)F. The summed E-state index contributed by atoms with van der Waals surface area (Å²) >= 11 is 0. The molecule has 2 N–H and O–H groups in total. The fourth-order valence-corrected chi connectivity index (χ4v) is 0.624. The average molecular weight is 167 g/mol. The molecule has 0 aliphatic heterocycles. The van der Waals surface area contributed by atoms with Crippen molar-refractivity contribution in [3.8, 4) is 0 Å².